The number of nitrogens with one attached hydrogen (secondary N) is 2. The van der Waals surface area contributed by atoms with Gasteiger partial charge in [-0.1, -0.05) is 55.8 Å². The van der Waals surface area contributed by atoms with Crippen molar-refractivity contribution in [1.29, 1.82) is 0 Å². The van der Waals surface area contributed by atoms with Crippen molar-refractivity contribution in [3.8, 4) is 0 Å². The Hall–Kier alpha value is -1.86. The first-order valence-electron chi connectivity index (χ1n) is 9.14. The zero-order valence-corrected chi connectivity index (χ0v) is 15.6. The van der Waals surface area contributed by atoms with Crippen LogP contribution in [0.25, 0.3) is 6.08 Å². The fourth-order valence-electron chi connectivity index (χ4n) is 3.12. The van der Waals surface area contributed by atoms with Crippen molar-refractivity contribution in [3.63, 3.8) is 0 Å². The van der Waals surface area contributed by atoms with Crippen LogP contribution >= 0.6 is 0 Å². The topological polar surface area (TPSA) is 61.4 Å². The third-order valence-corrected chi connectivity index (χ3v) is 4.96. The van der Waals surface area contributed by atoms with E-state index in [0.29, 0.717) is 11.5 Å². The molecule has 1 aliphatic carbocycles. The zero-order chi connectivity index (χ0) is 20.1. The summed E-state index contributed by atoms with van der Waals surface area (Å²) >= 11 is 0. The Bertz CT molecular complexity index is 655. The van der Waals surface area contributed by atoms with E-state index in [0.717, 1.165) is 32.0 Å². The van der Waals surface area contributed by atoms with Crippen molar-refractivity contribution >= 4 is 12.0 Å². The molecule has 7 heteroatoms. The molecule has 0 bridgehead atoms. The smallest absolute Gasteiger partial charge is 0.475 e. The third kappa shape index (κ3) is 6.66. The molecule has 2 atom stereocenters. The van der Waals surface area contributed by atoms with E-state index in [-0.39, 0.29) is 0 Å². The Labute approximate surface area is 157 Å². The van der Waals surface area contributed by atoms with E-state index in [4.69, 9.17) is 9.90 Å². The Morgan fingerprint density at radius 1 is 1.33 bits per heavy atom. The maximum atomic E-state index is 10.6. The maximum Gasteiger partial charge on any atom is 0.490 e. The molecule has 2 aliphatic rings. The summed E-state index contributed by atoms with van der Waals surface area (Å²) in [6, 6.07) is 11.4. The molecule has 1 aromatic rings. The summed E-state index contributed by atoms with van der Waals surface area (Å²) in [5.41, 5.74) is 3.43. The average Bonchev–Trinajstić information content (AvgIpc) is 3.36. The van der Waals surface area contributed by atoms with Crippen LogP contribution in [0.15, 0.2) is 35.9 Å². The standard InChI is InChI=1S/C18H26N2.C2HF3O2/c1-3-15(9-14-7-5-4-6-8-14)16-10-17(16)20-13-18(2)11-19-12-18;3-2(4,5)1(6)7/h4-9,16-17,19-20H,3,10-13H2,1-2H3;(H,6,7)/b15-9+;/t16-,17+;/m0./s1. The Balaban J connectivity index is 0.000000321. The van der Waals surface area contributed by atoms with Crippen molar-refractivity contribution in [2.75, 3.05) is 19.6 Å². The lowest BCUT2D eigenvalue weighted by Gasteiger charge is -2.39. The van der Waals surface area contributed by atoms with Gasteiger partial charge in [-0.15, -0.1) is 0 Å². The van der Waals surface area contributed by atoms with E-state index in [1.54, 1.807) is 5.57 Å². The summed E-state index contributed by atoms with van der Waals surface area (Å²) in [6.07, 6.45) is -0.217. The predicted octanol–water partition coefficient (Wildman–Crippen LogP) is 3.70. The second-order valence-corrected chi connectivity index (χ2v) is 7.53. The second-order valence-electron chi connectivity index (χ2n) is 7.53. The van der Waals surface area contributed by atoms with Crippen LogP contribution in [-0.4, -0.2) is 42.9 Å². The summed E-state index contributed by atoms with van der Waals surface area (Å²) in [4.78, 5) is 8.90. The van der Waals surface area contributed by atoms with Crippen LogP contribution in [-0.2, 0) is 4.79 Å². The number of hydrogen-bond acceptors (Lipinski definition) is 3. The van der Waals surface area contributed by atoms with E-state index in [1.807, 2.05) is 0 Å². The highest BCUT2D eigenvalue weighted by Gasteiger charge is 2.41. The monoisotopic (exact) mass is 384 g/mol. The highest BCUT2D eigenvalue weighted by atomic mass is 19.4. The predicted molar refractivity (Wildman–Crippen MR) is 99.3 cm³/mol. The van der Waals surface area contributed by atoms with Gasteiger partial charge < -0.3 is 15.7 Å². The summed E-state index contributed by atoms with van der Waals surface area (Å²) in [5.74, 6) is -2.00. The lowest BCUT2D eigenvalue weighted by molar-refractivity contribution is -0.192. The Kier molecular flexibility index (Phi) is 7.06. The van der Waals surface area contributed by atoms with Gasteiger partial charge in [-0.2, -0.15) is 13.2 Å². The number of rotatable bonds is 6. The van der Waals surface area contributed by atoms with Crippen LogP contribution in [0, 0.1) is 11.3 Å². The summed E-state index contributed by atoms with van der Waals surface area (Å²) in [6.45, 7) is 8.13. The van der Waals surface area contributed by atoms with Gasteiger partial charge in [0.15, 0.2) is 0 Å². The molecule has 27 heavy (non-hydrogen) atoms. The highest BCUT2D eigenvalue weighted by molar-refractivity contribution is 5.73. The molecule has 3 N–H and O–H groups in total. The SMILES string of the molecule is CC/C(=C\c1ccccc1)[C@@H]1C[C@H]1NCC1(C)CNC1.O=C(O)C(F)(F)F. The number of aliphatic carboxylic acids is 1. The minimum Gasteiger partial charge on any atom is -0.475 e. The fourth-order valence-corrected chi connectivity index (χ4v) is 3.12. The van der Waals surface area contributed by atoms with Crippen LogP contribution in [0.2, 0.25) is 0 Å². The van der Waals surface area contributed by atoms with E-state index in [2.05, 4.69) is 60.9 Å². The molecular weight excluding hydrogens is 357 g/mol. The first-order chi connectivity index (χ1) is 12.6. The van der Waals surface area contributed by atoms with Gasteiger partial charge >= 0.3 is 12.1 Å². The first-order valence-corrected chi connectivity index (χ1v) is 9.14. The van der Waals surface area contributed by atoms with Crippen molar-refractivity contribution in [2.24, 2.45) is 11.3 Å². The molecule has 150 valence electrons. The molecule has 2 fully saturated rings. The van der Waals surface area contributed by atoms with Crippen LogP contribution in [0.1, 0.15) is 32.3 Å². The van der Waals surface area contributed by atoms with Gasteiger partial charge in [0.05, 0.1) is 0 Å². The van der Waals surface area contributed by atoms with Crippen LogP contribution in [0.5, 0.6) is 0 Å². The highest BCUT2D eigenvalue weighted by Crippen LogP contribution is 2.40. The molecular formula is C20H27F3N2O2. The second kappa shape index (κ2) is 8.89. The number of carboxylic acid groups (broad SMARTS) is 1. The van der Waals surface area contributed by atoms with Gasteiger partial charge in [0.25, 0.3) is 0 Å². The van der Waals surface area contributed by atoms with Gasteiger partial charge in [0, 0.05) is 31.1 Å². The molecule has 0 aromatic heterocycles. The molecule has 0 unspecified atom stereocenters. The normalized spacial score (nSPS) is 23.7. The Morgan fingerprint density at radius 2 is 1.93 bits per heavy atom. The number of halogens is 3. The largest absolute Gasteiger partial charge is 0.490 e. The molecule has 4 nitrogen and oxygen atoms in total. The lowest BCUT2D eigenvalue weighted by atomic mass is 9.84. The van der Waals surface area contributed by atoms with Crippen molar-refractivity contribution in [2.45, 2.75) is 38.9 Å². The van der Waals surface area contributed by atoms with Crippen molar-refractivity contribution < 1.29 is 23.1 Å². The summed E-state index contributed by atoms with van der Waals surface area (Å²) < 4.78 is 31.7. The third-order valence-electron chi connectivity index (χ3n) is 4.96. The van der Waals surface area contributed by atoms with Crippen molar-refractivity contribution in [1.82, 2.24) is 10.6 Å². The number of alkyl halides is 3. The zero-order valence-electron chi connectivity index (χ0n) is 15.6. The van der Waals surface area contributed by atoms with Gasteiger partial charge in [-0.3, -0.25) is 0 Å². The fraction of sp³-hybridized carbons (Fsp3) is 0.550. The minimum atomic E-state index is -5.08. The summed E-state index contributed by atoms with van der Waals surface area (Å²) in [7, 11) is 0. The van der Waals surface area contributed by atoms with Gasteiger partial charge in [-0.05, 0) is 24.3 Å². The maximum absolute atomic E-state index is 10.6. The van der Waals surface area contributed by atoms with E-state index < -0.39 is 12.1 Å². The number of benzene rings is 1. The van der Waals surface area contributed by atoms with E-state index in [1.165, 1.54) is 12.0 Å². The molecule has 3 rings (SSSR count). The molecule has 0 radical (unpaired) electrons. The van der Waals surface area contributed by atoms with E-state index in [9.17, 15) is 13.2 Å². The molecule has 1 saturated heterocycles. The average molecular weight is 384 g/mol. The molecule has 1 heterocycles. The number of carboxylic acids is 1. The molecule has 0 spiro atoms. The first kappa shape index (κ1) is 21.4. The van der Waals surface area contributed by atoms with Gasteiger partial charge in [0.1, 0.15) is 0 Å². The van der Waals surface area contributed by atoms with Gasteiger partial charge in [0.2, 0.25) is 0 Å². The molecule has 0 amide bonds. The molecule has 1 aromatic carbocycles. The molecule has 1 aliphatic heterocycles. The van der Waals surface area contributed by atoms with Crippen LogP contribution in [0.4, 0.5) is 13.2 Å². The summed E-state index contributed by atoms with van der Waals surface area (Å²) in [5, 5.41) is 14.3. The quantitative estimate of drug-likeness (QED) is 0.700. The van der Waals surface area contributed by atoms with Crippen molar-refractivity contribution in [3.05, 3.63) is 41.5 Å². The number of hydrogen-bond donors (Lipinski definition) is 3. The molecule has 1 saturated carbocycles. The lowest BCUT2D eigenvalue weighted by Crippen LogP contribution is -2.56. The van der Waals surface area contributed by atoms with E-state index >= 15 is 0 Å². The van der Waals surface area contributed by atoms with Gasteiger partial charge in [-0.25, -0.2) is 4.79 Å². The Morgan fingerprint density at radius 3 is 2.37 bits per heavy atom. The minimum absolute atomic E-state index is 0.489. The number of carbonyl (C=O) groups is 1. The van der Waals surface area contributed by atoms with Crippen LogP contribution < -0.4 is 10.6 Å². The van der Waals surface area contributed by atoms with Crippen LogP contribution in [0.3, 0.4) is 0 Å².